The molecule has 1 N–H and O–H groups in total. The molecule has 0 aliphatic heterocycles. The lowest BCUT2D eigenvalue weighted by molar-refractivity contribution is 0.811. The van der Waals surface area contributed by atoms with E-state index in [0.717, 1.165) is 6.04 Å². The van der Waals surface area contributed by atoms with E-state index in [1.807, 2.05) is 25.2 Å². The van der Waals surface area contributed by atoms with Gasteiger partial charge in [-0.05, 0) is 26.8 Å². The Morgan fingerprint density at radius 2 is 1.75 bits per heavy atom. The SMILES string of the molecule is CNC1CC1.Cc1ccccc1. The van der Waals surface area contributed by atoms with E-state index in [-0.39, 0.29) is 0 Å². The van der Waals surface area contributed by atoms with Gasteiger partial charge >= 0.3 is 0 Å². The summed E-state index contributed by atoms with van der Waals surface area (Å²) in [6, 6.07) is 11.1. The quantitative estimate of drug-likeness (QED) is 0.670. The van der Waals surface area contributed by atoms with Crippen molar-refractivity contribution < 1.29 is 0 Å². The Morgan fingerprint density at radius 3 is 1.92 bits per heavy atom. The molecule has 1 aromatic rings. The second-order valence-electron chi connectivity index (χ2n) is 3.22. The minimum Gasteiger partial charge on any atom is -0.317 e. The fourth-order valence-corrected chi connectivity index (χ4v) is 0.906. The number of nitrogens with one attached hydrogen (secondary N) is 1. The molecule has 0 heterocycles. The van der Waals surface area contributed by atoms with Gasteiger partial charge in [-0.1, -0.05) is 35.9 Å². The van der Waals surface area contributed by atoms with Crippen molar-refractivity contribution in [2.24, 2.45) is 0 Å². The van der Waals surface area contributed by atoms with Crippen LogP contribution in [0.1, 0.15) is 18.4 Å². The highest BCUT2D eigenvalue weighted by Crippen LogP contribution is 2.16. The zero-order chi connectivity index (χ0) is 8.81. The van der Waals surface area contributed by atoms with E-state index in [9.17, 15) is 0 Å². The maximum atomic E-state index is 3.14. The molecule has 0 radical (unpaired) electrons. The normalized spacial score (nSPS) is 14.8. The Bertz CT molecular complexity index is 202. The van der Waals surface area contributed by atoms with Crippen molar-refractivity contribution >= 4 is 0 Å². The van der Waals surface area contributed by atoms with Crippen LogP contribution in [0, 0.1) is 6.92 Å². The van der Waals surface area contributed by atoms with E-state index in [1.54, 1.807) is 0 Å². The topological polar surface area (TPSA) is 12.0 Å². The Kier molecular flexibility index (Phi) is 3.81. The standard InChI is InChI=1S/C7H8.C4H9N/c1-7-5-3-2-4-6-7;1-5-4-2-3-4/h2-6H,1H3;4-5H,2-3H2,1H3. The number of hydrogen-bond donors (Lipinski definition) is 1. The monoisotopic (exact) mass is 163 g/mol. The fraction of sp³-hybridized carbons (Fsp3) is 0.455. The first-order valence-electron chi connectivity index (χ1n) is 4.52. The Balaban J connectivity index is 0.000000127. The summed E-state index contributed by atoms with van der Waals surface area (Å²) in [5.74, 6) is 0. The van der Waals surface area contributed by atoms with Crippen LogP contribution in [0.25, 0.3) is 0 Å². The lowest BCUT2D eigenvalue weighted by atomic mass is 10.2. The number of rotatable bonds is 1. The van der Waals surface area contributed by atoms with Gasteiger partial charge in [0, 0.05) is 6.04 Å². The smallest absolute Gasteiger partial charge is 0.00652 e. The molecule has 0 saturated heterocycles. The predicted octanol–water partition coefficient (Wildman–Crippen LogP) is 2.36. The summed E-state index contributed by atoms with van der Waals surface area (Å²) in [6.45, 7) is 2.08. The lowest BCUT2D eigenvalue weighted by Gasteiger charge is -1.82. The van der Waals surface area contributed by atoms with Crippen LogP contribution in [0.3, 0.4) is 0 Å². The molecule has 0 spiro atoms. The highest BCUT2D eigenvalue weighted by Gasteiger charge is 2.17. The molecule has 0 bridgehead atoms. The zero-order valence-electron chi connectivity index (χ0n) is 7.88. The van der Waals surface area contributed by atoms with Crippen LogP contribution in [-0.4, -0.2) is 13.1 Å². The molecule has 1 aliphatic carbocycles. The molecular formula is C11H17N. The van der Waals surface area contributed by atoms with Crippen molar-refractivity contribution in [3.63, 3.8) is 0 Å². The van der Waals surface area contributed by atoms with E-state index >= 15 is 0 Å². The van der Waals surface area contributed by atoms with Crippen molar-refractivity contribution in [1.82, 2.24) is 5.32 Å². The molecule has 1 aliphatic rings. The minimum absolute atomic E-state index is 0.884. The van der Waals surface area contributed by atoms with Gasteiger partial charge < -0.3 is 5.32 Å². The second kappa shape index (κ2) is 4.94. The van der Waals surface area contributed by atoms with Crippen LogP contribution in [0.2, 0.25) is 0 Å². The van der Waals surface area contributed by atoms with Crippen LogP contribution in [0.15, 0.2) is 30.3 Å². The summed E-state index contributed by atoms with van der Waals surface area (Å²) >= 11 is 0. The molecule has 1 nitrogen and oxygen atoms in total. The molecule has 2 rings (SSSR count). The lowest BCUT2D eigenvalue weighted by Crippen LogP contribution is -2.06. The average molecular weight is 163 g/mol. The summed E-state index contributed by atoms with van der Waals surface area (Å²) < 4.78 is 0. The average Bonchev–Trinajstić information content (AvgIpc) is 2.89. The molecule has 1 fully saturated rings. The van der Waals surface area contributed by atoms with E-state index < -0.39 is 0 Å². The summed E-state index contributed by atoms with van der Waals surface area (Å²) in [5.41, 5.74) is 1.32. The van der Waals surface area contributed by atoms with Crippen LogP contribution < -0.4 is 5.32 Å². The van der Waals surface area contributed by atoms with Crippen molar-refractivity contribution in [1.29, 1.82) is 0 Å². The molecular weight excluding hydrogens is 146 g/mol. The first kappa shape index (κ1) is 9.27. The van der Waals surface area contributed by atoms with Gasteiger partial charge in [0.05, 0.1) is 0 Å². The molecule has 0 aromatic heterocycles. The highest BCUT2D eigenvalue weighted by molar-refractivity contribution is 5.11. The maximum Gasteiger partial charge on any atom is 0.00652 e. The Labute approximate surface area is 74.8 Å². The Hall–Kier alpha value is -0.820. The zero-order valence-corrected chi connectivity index (χ0v) is 7.88. The van der Waals surface area contributed by atoms with Gasteiger partial charge in [0.1, 0.15) is 0 Å². The van der Waals surface area contributed by atoms with Gasteiger partial charge in [0.15, 0.2) is 0 Å². The van der Waals surface area contributed by atoms with Crippen molar-refractivity contribution in [2.45, 2.75) is 25.8 Å². The minimum atomic E-state index is 0.884. The molecule has 1 aromatic carbocycles. The number of aryl methyl sites for hydroxylation is 1. The van der Waals surface area contributed by atoms with Crippen LogP contribution in [0.4, 0.5) is 0 Å². The molecule has 0 amide bonds. The molecule has 1 heteroatoms. The largest absolute Gasteiger partial charge is 0.317 e. The molecule has 66 valence electrons. The number of hydrogen-bond acceptors (Lipinski definition) is 1. The second-order valence-corrected chi connectivity index (χ2v) is 3.22. The van der Waals surface area contributed by atoms with Gasteiger partial charge in [-0.2, -0.15) is 0 Å². The first-order chi connectivity index (χ1) is 5.83. The Morgan fingerprint density at radius 1 is 1.17 bits per heavy atom. The van der Waals surface area contributed by atoms with Gasteiger partial charge in [-0.3, -0.25) is 0 Å². The first-order valence-corrected chi connectivity index (χ1v) is 4.52. The van der Waals surface area contributed by atoms with Gasteiger partial charge in [0.25, 0.3) is 0 Å². The summed E-state index contributed by atoms with van der Waals surface area (Å²) in [6.07, 6.45) is 2.80. The summed E-state index contributed by atoms with van der Waals surface area (Å²) in [4.78, 5) is 0. The van der Waals surface area contributed by atoms with Gasteiger partial charge in [-0.25, -0.2) is 0 Å². The summed E-state index contributed by atoms with van der Waals surface area (Å²) in [7, 11) is 2.01. The van der Waals surface area contributed by atoms with Crippen molar-refractivity contribution in [2.75, 3.05) is 7.05 Å². The maximum absolute atomic E-state index is 3.14. The molecule has 1 saturated carbocycles. The molecule has 0 atom stereocenters. The van der Waals surface area contributed by atoms with Crippen LogP contribution >= 0.6 is 0 Å². The van der Waals surface area contributed by atoms with Crippen LogP contribution in [0.5, 0.6) is 0 Å². The third-order valence-corrected chi connectivity index (χ3v) is 1.93. The number of benzene rings is 1. The summed E-state index contributed by atoms with van der Waals surface area (Å²) in [5, 5.41) is 3.14. The van der Waals surface area contributed by atoms with Crippen molar-refractivity contribution in [3.8, 4) is 0 Å². The molecule has 0 unspecified atom stereocenters. The highest BCUT2D eigenvalue weighted by atomic mass is 14.9. The van der Waals surface area contributed by atoms with Gasteiger partial charge in [-0.15, -0.1) is 0 Å². The van der Waals surface area contributed by atoms with Crippen molar-refractivity contribution in [3.05, 3.63) is 35.9 Å². The molecule has 12 heavy (non-hydrogen) atoms. The third kappa shape index (κ3) is 4.14. The van der Waals surface area contributed by atoms with E-state index in [4.69, 9.17) is 0 Å². The van der Waals surface area contributed by atoms with E-state index in [0.29, 0.717) is 0 Å². The predicted molar refractivity (Wildman–Crippen MR) is 53.3 cm³/mol. The third-order valence-electron chi connectivity index (χ3n) is 1.93. The van der Waals surface area contributed by atoms with E-state index in [2.05, 4.69) is 24.4 Å². The fourth-order valence-electron chi connectivity index (χ4n) is 0.906. The van der Waals surface area contributed by atoms with Crippen LogP contribution in [-0.2, 0) is 0 Å². The van der Waals surface area contributed by atoms with Gasteiger partial charge in [0.2, 0.25) is 0 Å². The van der Waals surface area contributed by atoms with E-state index in [1.165, 1.54) is 18.4 Å².